The fraction of sp³-hybridized carbons (Fsp3) is 0.0741. The van der Waals surface area contributed by atoms with Crippen LogP contribution in [0, 0.1) is 0 Å². The number of anilines is 1. The Hall–Kier alpha value is -3.75. The maximum absolute atomic E-state index is 12.9. The van der Waals surface area contributed by atoms with Gasteiger partial charge in [0.15, 0.2) is 0 Å². The van der Waals surface area contributed by atoms with Crippen molar-refractivity contribution in [2.45, 2.75) is 16.2 Å². The van der Waals surface area contributed by atoms with Crippen LogP contribution in [0.2, 0.25) is 0 Å². The molecule has 6 nitrogen and oxygen atoms in total. The van der Waals surface area contributed by atoms with Gasteiger partial charge in [-0.05, 0) is 66.6 Å². The second-order valence-corrected chi connectivity index (χ2v) is 10.4. The maximum atomic E-state index is 12.9. The molecule has 0 radical (unpaired) electrons. The average Bonchev–Trinajstić information content (AvgIpc) is 2.86. The van der Waals surface area contributed by atoms with E-state index in [1.807, 2.05) is 48.5 Å². The van der Waals surface area contributed by atoms with Crippen LogP contribution in [-0.2, 0) is 16.4 Å². The molecule has 8 heteroatoms. The molecule has 0 unspecified atom stereocenters. The minimum atomic E-state index is -4.00. The van der Waals surface area contributed by atoms with Crippen molar-refractivity contribution in [1.82, 2.24) is 0 Å². The Balaban J connectivity index is 1.45. The van der Waals surface area contributed by atoms with Gasteiger partial charge in [-0.15, -0.1) is 11.8 Å². The van der Waals surface area contributed by atoms with Crippen LogP contribution in [0.1, 0.15) is 15.9 Å². The van der Waals surface area contributed by atoms with E-state index < -0.39 is 16.0 Å². The summed E-state index contributed by atoms with van der Waals surface area (Å²) in [4.78, 5) is 12.6. The van der Waals surface area contributed by atoms with Gasteiger partial charge in [-0.2, -0.15) is 0 Å². The molecule has 0 spiro atoms. The number of benzene rings is 4. The summed E-state index contributed by atoms with van der Waals surface area (Å²) >= 11 is 1.52. The highest BCUT2D eigenvalue weighted by molar-refractivity contribution is 7.99. The molecule has 0 aliphatic carbocycles. The first-order chi connectivity index (χ1) is 16.9. The van der Waals surface area contributed by atoms with Crippen molar-refractivity contribution in [2.24, 2.45) is 0 Å². The zero-order valence-electron chi connectivity index (χ0n) is 18.6. The molecule has 0 saturated carbocycles. The lowest BCUT2D eigenvalue weighted by Crippen LogP contribution is -2.15. The lowest BCUT2D eigenvalue weighted by Gasteiger charge is -2.13. The smallest absolute Gasteiger partial charge is 0.337 e. The lowest BCUT2D eigenvalue weighted by atomic mass is 10.2. The molecule has 0 aliphatic heterocycles. The first-order valence-corrected chi connectivity index (χ1v) is 13.3. The monoisotopic (exact) mass is 505 g/mol. The molecule has 0 amide bonds. The number of hydrogen-bond acceptors (Lipinski definition) is 5. The number of para-hydroxylation sites is 1. The Morgan fingerprint density at radius 2 is 1.46 bits per heavy atom. The standard InChI is InChI=1S/C27H23NO5S2/c29-27(30)25-19-23(34-18-17-20-7-3-1-4-8-20)13-16-26(25)28-35(31,32)24-14-11-22(12-15-24)33-21-9-5-2-6-10-21/h1-16,19,28H,17-18H2,(H,29,30). The molecule has 0 saturated heterocycles. The van der Waals surface area contributed by atoms with Crippen LogP contribution in [-0.4, -0.2) is 25.2 Å². The largest absolute Gasteiger partial charge is 0.478 e. The third kappa shape index (κ3) is 6.65. The molecule has 0 atom stereocenters. The molecule has 0 fully saturated rings. The van der Waals surface area contributed by atoms with Crippen molar-refractivity contribution in [3.63, 3.8) is 0 Å². The molecule has 4 aromatic carbocycles. The Morgan fingerprint density at radius 3 is 2.11 bits per heavy atom. The van der Waals surface area contributed by atoms with Gasteiger partial charge in [0.1, 0.15) is 11.5 Å². The minimum Gasteiger partial charge on any atom is -0.478 e. The second kappa shape index (κ2) is 11.1. The molecule has 0 aliphatic rings. The number of rotatable bonds is 10. The summed E-state index contributed by atoms with van der Waals surface area (Å²) in [6.07, 6.45) is 0.840. The topological polar surface area (TPSA) is 92.7 Å². The van der Waals surface area contributed by atoms with E-state index in [0.717, 1.165) is 17.1 Å². The van der Waals surface area contributed by atoms with Gasteiger partial charge in [-0.25, -0.2) is 13.2 Å². The van der Waals surface area contributed by atoms with Crippen LogP contribution in [0.15, 0.2) is 113 Å². The molecular formula is C27H23NO5S2. The minimum absolute atomic E-state index is 0.00411. The van der Waals surface area contributed by atoms with Crippen LogP contribution in [0.25, 0.3) is 0 Å². The predicted molar refractivity (Wildman–Crippen MR) is 138 cm³/mol. The van der Waals surface area contributed by atoms with Crippen LogP contribution >= 0.6 is 11.8 Å². The van der Waals surface area contributed by atoms with Gasteiger partial charge >= 0.3 is 5.97 Å². The number of carbonyl (C=O) groups is 1. The number of thioether (sulfide) groups is 1. The predicted octanol–water partition coefficient (Wildman–Crippen LogP) is 6.31. The van der Waals surface area contributed by atoms with Gasteiger partial charge < -0.3 is 9.84 Å². The van der Waals surface area contributed by atoms with E-state index >= 15 is 0 Å². The van der Waals surface area contributed by atoms with E-state index in [2.05, 4.69) is 4.72 Å². The van der Waals surface area contributed by atoms with E-state index in [4.69, 9.17) is 4.74 Å². The number of hydrogen-bond donors (Lipinski definition) is 2. The first kappa shape index (κ1) is 24.4. The zero-order chi connectivity index (χ0) is 24.7. The summed E-state index contributed by atoms with van der Waals surface area (Å²) in [6.45, 7) is 0. The second-order valence-electron chi connectivity index (χ2n) is 7.59. The number of aryl methyl sites for hydroxylation is 1. The average molecular weight is 506 g/mol. The van der Waals surface area contributed by atoms with E-state index in [1.54, 1.807) is 30.3 Å². The zero-order valence-corrected chi connectivity index (χ0v) is 20.3. The summed E-state index contributed by atoms with van der Waals surface area (Å²) in [5.41, 5.74) is 1.10. The van der Waals surface area contributed by atoms with Crippen LogP contribution < -0.4 is 9.46 Å². The number of nitrogens with one attached hydrogen (secondary N) is 1. The molecule has 4 rings (SSSR count). The number of aromatic carboxylic acids is 1. The molecule has 2 N–H and O–H groups in total. The van der Waals surface area contributed by atoms with Crippen molar-refractivity contribution in [1.29, 1.82) is 0 Å². The fourth-order valence-corrected chi connectivity index (χ4v) is 5.34. The fourth-order valence-electron chi connectivity index (χ4n) is 3.33. The summed E-state index contributed by atoms with van der Waals surface area (Å²) in [5, 5.41) is 9.68. The molecule has 0 heterocycles. The van der Waals surface area contributed by atoms with Crippen LogP contribution in [0.4, 0.5) is 5.69 Å². The van der Waals surface area contributed by atoms with Gasteiger partial charge in [-0.1, -0.05) is 48.5 Å². The first-order valence-electron chi connectivity index (χ1n) is 10.8. The SMILES string of the molecule is O=C(O)c1cc(SCCc2ccccc2)ccc1NS(=O)(=O)c1ccc(Oc2ccccc2)cc1. The number of carboxylic acids is 1. The van der Waals surface area contributed by atoms with Crippen LogP contribution in [0.3, 0.4) is 0 Å². The quantitative estimate of drug-likeness (QED) is 0.245. The van der Waals surface area contributed by atoms with E-state index in [0.29, 0.717) is 11.5 Å². The highest BCUT2D eigenvalue weighted by Crippen LogP contribution is 2.28. The van der Waals surface area contributed by atoms with E-state index in [-0.39, 0.29) is 16.1 Å². The Bertz CT molecular complexity index is 1390. The van der Waals surface area contributed by atoms with Gasteiger partial charge in [0.25, 0.3) is 10.0 Å². The lowest BCUT2D eigenvalue weighted by molar-refractivity contribution is 0.0697. The van der Waals surface area contributed by atoms with Crippen molar-refractivity contribution in [2.75, 3.05) is 10.5 Å². The Labute approximate surface area is 208 Å². The molecular weight excluding hydrogens is 482 g/mol. The summed E-state index contributed by atoms with van der Waals surface area (Å²) in [6, 6.07) is 29.8. The highest BCUT2D eigenvalue weighted by Gasteiger charge is 2.19. The molecule has 4 aromatic rings. The van der Waals surface area contributed by atoms with Crippen molar-refractivity contribution >= 4 is 33.4 Å². The molecule has 178 valence electrons. The Kier molecular flexibility index (Phi) is 7.74. The van der Waals surface area contributed by atoms with E-state index in [9.17, 15) is 18.3 Å². The van der Waals surface area contributed by atoms with Crippen molar-refractivity contribution < 1.29 is 23.1 Å². The van der Waals surface area contributed by atoms with Gasteiger partial charge in [0.2, 0.25) is 0 Å². The molecule has 35 heavy (non-hydrogen) atoms. The van der Waals surface area contributed by atoms with Gasteiger partial charge in [-0.3, -0.25) is 4.72 Å². The number of ether oxygens (including phenoxy) is 1. The Morgan fingerprint density at radius 1 is 0.829 bits per heavy atom. The van der Waals surface area contributed by atoms with Crippen molar-refractivity contribution in [3.05, 3.63) is 114 Å². The maximum Gasteiger partial charge on any atom is 0.337 e. The summed E-state index contributed by atoms with van der Waals surface area (Å²) in [7, 11) is -4.00. The highest BCUT2D eigenvalue weighted by atomic mass is 32.2. The third-order valence-electron chi connectivity index (χ3n) is 5.08. The number of sulfonamides is 1. The van der Waals surface area contributed by atoms with Gasteiger partial charge in [0.05, 0.1) is 16.1 Å². The van der Waals surface area contributed by atoms with Crippen molar-refractivity contribution in [3.8, 4) is 11.5 Å². The number of carboxylic acid groups (broad SMARTS) is 1. The molecule has 0 aromatic heterocycles. The molecule has 0 bridgehead atoms. The summed E-state index contributed by atoms with van der Waals surface area (Å²) in [5.74, 6) is 0.679. The van der Waals surface area contributed by atoms with E-state index in [1.165, 1.54) is 41.6 Å². The van der Waals surface area contributed by atoms with Gasteiger partial charge in [0, 0.05) is 10.6 Å². The summed E-state index contributed by atoms with van der Waals surface area (Å²) < 4.78 is 33.9. The third-order valence-corrected chi connectivity index (χ3v) is 7.46. The van der Waals surface area contributed by atoms with Crippen LogP contribution in [0.5, 0.6) is 11.5 Å². The normalized spacial score (nSPS) is 11.1.